The van der Waals surface area contributed by atoms with Crippen molar-refractivity contribution in [1.82, 2.24) is 5.32 Å². The van der Waals surface area contributed by atoms with Crippen molar-refractivity contribution in [3.8, 4) is 0 Å². The normalized spacial score (nSPS) is 11.7. The largest absolute Gasteiger partial charge is 0.480 e. The summed E-state index contributed by atoms with van der Waals surface area (Å²) < 4.78 is 13.3. The van der Waals surface area contributed by atoms with Gasteiger partial charge < -0.3 is 15.7 Å². The van der Waals surface area contributed by atoms with Gasteiger partial charge >= 0.3 is 12.0 Å². The topological polar surface area (TPSA) is 78.4 Å². The maximum absolute atomic E-state index is 13.3. The standard InChI is InChI=1S/C13H17FN2O3/c1-2-3-7-11(12(17)18)16-13(19)15-10-8-5-4-6-9(10)14/h4-6,8,11H,2-3,7H2,1H3,(H,17,18)(H2,15,16,19)/t11-/m0/s1. The van der Waals surface area contributed by atoms with Crippen LogP contribution in [0.25, 0.3) is 0 Å². The van der Waals surface area contributed by atoms with Gasteiger partial charge in [-0.2, -0.15) is 0 Å². The summed E-state index contributed by atoms with van der Waals surface area (Å²) in [6.07, 6.45) is 1.87. The predicted octanol–water partition coefficient (Wildman–Crippen LogP) is 2.59. The van der Waals surface area contributed by atoms with Gasteiger partial charge in [-0.25, -0.2) is 14.0 Å². The zero-order chi connectivity index (χ0) is 14.3. The highest BCUT2D eigenvalue weighted by molar-refractivity contribution is 5.92. The Morgan fingerprint density at radius 3 is 2.63 bits per heavy atom. The number of unbranched alkanes of at least 4 members (excludes halogenated alkanes) is 1. The van der Waals surface area contributed by atoms with Crippen molar-refractivity contribution < 1.29 is 19.1 Å². The monoisotopic (exact) mass is 268 g/mol. The zero-order valence-corrected chi connectivity index (χ0v) is 10.6. The van der Waals surface area contributed by atoms with Crippen LogP contribution < -0.4 is 10.6 Å². The van der Waals surface area contributed by atoms with Crippen LogP contribution in [0.2, 0.25) is 0 Å². The van der Waals surface area contributed by atoms with Crippen molar-refractivity contribution in [2.45, 2.75) is 32.2 Å². The molecule has 0 radical (unpaired) electrons. The molecule has 0 saturated carbocycles. The third-order valence-corrected chi connectivity index (χ3v) is 2.57. The molecule has 0 fully saturated rings. The Labute approximate surface area is 110 Å². The van der Waals surface area contributed by atoms with Crippen LogP contribution >= 0.6 is 0 Å². The van der Waals surface area contributed by atoms with Crippen LogP contribution in [0, 0.1) is 5.82 Å². The highest BCUT2D eigenvalue weighted by Crippen LogP contribution is 2.12. The number of aliphatic carboxylic acids is 1. The fourth-order valence-corrected chi connectivity index (χ4v) is 1.54. The van der Waals surface area contributed by atoms with Crippen molar-refractivity contribution >= 4 is 17.7 Å². The Morgan fingerprint density at radius 1 is 1.37 bits per heavy atom. The highest BCUT2D eigenvalue weighted by atomic mass is 19.1. The van der Waals surface area contributed by atoms with Crippen molar-refractivity contribution in [1.29, 1.82) is 0 Å². The van der Waals surface area contributed by atoms with E-state index < -0.39 is 23.9 Å². The van der Waals surface area contributed by atoms with Crippen LogP contribution in [0.4, 0.5) is 14.9 Å². The number of rotatable bonds is 6. The van der Waals surface area contributed by atoms with Crippen LogP contribution in [-0.4, -0.2) is 23.1 Å². The molecule has 1 aromatic rings. The summed E-state index contributed by atoms with van der Waals surface area (Å²) in [6.45, 7) is 1.93. The molecule has 0 aromatic heterocycles. The van der Waals surface area contributed by atoms with Gasteiger partial charge in [0, 0.05) is 0 Å². The van der Waals surface area contributed by atoms with E-state index in [0.29, 0.717) is 12.8 Å². The molecule has 0 unspecified atom stereocenters. The summed E-state index contributed by atoms with van der Waals surface area (Å²) in [5.74, 6) is -1.67. The minimum atomic E-state index is -1.10. The van der Waals surface area contributed by atoms with E-state index in [2.05, 4.69) is 10.6 Å². The van der Waals surface area contributed by atoms with Gasteiger partial charge in [-0.1, -0.05) is 31.9 Å². The Balaban J connectivity index is 2.58. The second kappa shape index (κ2) is 7.35. The van der Waals surface area contributed by atoms with Gasteiger partial charge in [-0.15, -0.1) is 0 Å². The summed E-state index contributed by atoms with van der Waals surface area (Å²) in [7, 11) is 0. The van der Waals surface area contributed by atoms with Crippen LogP contribution in [0.5, 0.6) is 0 Å². The Bertz CT molecular complexity index is 451. The van der Waals surface area contributed by atoms with Crippen LogP contribution in [0.1, 0.15) is 26.2 Å². The van der Waals surface area contributed by atoms with E-state index in [-0.39, 0.29) is 5.69 Å². The van der Waals surface area contributed by atoms with Gasteiger partial charge in [-0.3, -0.25) is 0 Å². The lowest BCUT2D eigenvalue weighted by Crippen LogP contribution is -2.43. The quantitative estimate of drug-likeness (QED) is 0.742. The molecule has 0 aliphatic heterocycles. The van der Waals surface area contributed by atoms with E-state index in [9.17, 15) is 14.0 Å². The molecule has 104 valence electrons. The smallest absolute Gasteiger partial charge is 0.326 e. The Hall–Kier alpha value is -2.11. The molecule has 0 bridgehead atoms. The average Bonchev–Trinajstić information content (AvgIpc) is 2.37. The van der Waals surface area contributed by atoms with Crippen molar-refractivity contribution in [3.05, 3.63) is 30.1 Å². The lowest BCUT2D eigenvalue weighted by atomic mass is 10.1. The summed E-state index contributed by atoms with van der Waals surface area (Å²) in [5.41, 5.74) is 0.0135. The molecule has 1 aromatic carbocycles. The first-order valence-electron chi connectivity index (χ1n) is 6.09. The van der Waals surface area contributed by atoms with Crippen LogP contribution in [0.3, 0.4) is 0 Å². The summed E-state index contributed by atoms with van der Waals surface area (Å²) in [4.78, 5) is 22.5. The number of amides is 2. The van der Waals surface area contributed by atoms with Gasteiger partial charge in [0.2, 0.25) is 0 Å². The molecule has 2 amide bonds. The van der Waals surface area contributed by atoms with E-state index in [1.165, 1.54) is 18.2 Å². The molecule has 1 atom stereocenters. The number of halogens is 1. The SMILES string of the molecule is CCCC[C@H](NC(=O)Nc1ccccc1F)C(=O)O. The first-order valence-corrected chi connectivity index (χ1v) is 6.09. The molecule has 0 heterocycles. The fourth-order valence-electron chi connectivity index (χ4n) is 1.54. The molecule has 0 saturated heterocycles. The summed E-state index contributed by atoms with van der Waals surface area (Å²) in [6, 6.07) is 3.99. The third-order valence-electron chi connectivity index (χ3n) is 2.57. The Kier molecular flexibility index (Phi) is 5.78. The number of hydrogen-bond donors (Lipinski definition) is 3. The van der Waals surface area contributed by atoms with E-state index in [4.69, 9.17) is 5.11 Å². The zero-order valence-electron chi connectivity index (χ0n) is 10.6. The molecular weight excluding hydrogens is 251 g/mol. The lowest BCUT2D eigenvalue weighted by Gasteiger charge is -2.15. The number of benzene rings is 1. The summed E-state index contributed by atoms with van der Waals surface area (Å²) >= 11 is 0. The van der Waals surface area contributed by atoms with E-state index in [0.717, 1.165) is 6.42 Å². The van der Waals surface area contributed by atoms with E-state index >= 15 is 0 Å². The average molecular weight is 268 g/mol. The van der Waals surface area contributed by atoms with E-state index in [1.54, 1.807) is 6.07 Å². The lowest BCUT2D eigenvalue weighted by molar-refractivity contribution is -0.139. The molecule has 3 N–H and O–H groups in total. The van der Waals surface area contributed by atoms with Crippen molar-refractivity contribution in [2.24, 2.45) is 0 Å². The molecule has 0 aliphatic rings. The number of nitrogens with one attached hydrogen (secondary N) is 2. The van der Waals surface area contributed by atoms with Gasteiger partial charge in [-0.05, 0) is 18.6 Å². The number of anilines is 1. The number of carbonyl (C=O) groups is 2. The third kappa shape index (κ3) is 4.95. The molecule has 1 rings (SSSR count). The van der Waals surface area contributed by atoms with Crippen molar-refractivity contribution in [3.63, 3.8) is 0 Å². The minimum Gasteiger partial charge on any atom is -0.480 e. The molecule has 19 heavy (non-hydrogen) atoms. The van der Waals surface area contributed by atoms with Crippen molar-refractivity contribution in [2.75, 3.05) is 5.32 Å². The second-order valence-electron chi connectivity index (χ2n) is 4.11. The first kappa shape index (κ1) is 14.9. The molecule has 6 heteroatoms. The van der Waals surface area contributed by atoms with E-state index in [1.807, 2.05) is 6.92 Å². The van der Waals surface area contributed by atoms with Gasteiger partial charge in [0.15, 0.2) is 0 Å². The van der Waals surface area contributed by atoms with Gasteiger partial charge in [0.25, 0.3) is 0 Å². The first-order chi connectivity index (χ1) is 9.04. The number of urea groups is 1. The van der Waals surface area contributed by atoms with Gasteiger partial charge in [0.05, 0.1) is 5.69 Å². The predicted molar refractivity (Wildman–Crippen MR) is 69.5 cm³/mol. The number of para-hydroxylation sites is 1. The molecular formula is C13H17FN2O3. The number of carboxylic acid groups (broad SMARTS) is 1. The molecule has 5 nitrogen and oxygen atoms in total. The fraction of sp³-hybridized carbons (Fsp3) is 0.385. The Morgan fingerprint density at radius 2 is 2.05 bits per heavy atom. The second-order valence-corrected chi connectivity index (χ2v) is 4.11. The maximum atomic E-state index is 13.3. The molecule has 0 aliphatic carbocycles. The number of carboxylic acids is 1. The minimum absolute atomic E-state index is 0.0135. The van der Waals surface area contributed by atoms with Gasteiger partial charge in [0.1, 0.15) is 11.9 Å². The maximum Gasteiger partial charge on any atom is 0.326 e. The number of hydrogen-bond acceptors (Lipinski definition) is 2. The van der Waals surface area contributed by atoms with Crippen LogP contribution in [0.15, 0.2) is 24.3 Å². The molecule has 0 spiro atoms. The number of carbonyl (C=O) groups excluding carboxylic acids is 1. The summed E-state index contributed by atoms with van der Waals surface area (Å²) in [5, 5.41) is 13.5. The highest BCUT2D eigenvalue weighted by Gasteiger charge is 2.19. The van der Waals surface area contributed by atoms with Crippen LogP contribution in [-0.2, 0) is 4.79 Å².